The first-order chi connectivity index (χ1) is 12.5. The number of benzene rings is 1. The van der Waals surface area contributed by atoms with Crippen LogP contribution in [0.15, 0.2) is 40.8 Å². The Bertz CT molecular complexity index is 712. The number of carbonyl (C=O) groups excluding carboxylic acids is 1. The van der Waals surface area contributed by atoms with Crippen LogP contribution < -0.4 is 10.0 Å². The lowest BCUT2D eigenvalue weighted by Gasteiger charge is -2.13. The van der Waals surface area contributed by atoms with E-state index in [2.05, 4.69) is 16.1 Å². The minimum Gasteiger partial charge on any atom is -0.385 e. The molecule has 0 aliphatic heterocycles. The largest absolute Gasteiger partial charge is 0.385 e. The maximum atomic E-state index is 12.2. The molecule has 0 fully saturated rings. The van der Waals surface area contributed by atoms with Crippen molar-refractivity contribution in [1.82, 2.24) is 10.0 Å². The normalized spacial score (nSPS) is 14.7. The van der Waals surface area contributed by atoms with Crippen LogP contribution in [0.1, 0.15) is 48.9 Å². The number of nitrogens with one attached hydrogen (secondary N) is 2. The molecule has 1 aliphatic carbocycles. The van der Waals surface area contributed by atoms with E-state index in [1.54, 1.807) is 19.2 Å². The highest BCUT2D eigenvalue weighted by Crippen LogP contribution is 2.19. The number of sulfonamides is 1. The molecule has 0 saturated heterocycles. The number of rotatable bonds is 10. The lowest BCUT2D eigenvalue weighted by atomic mass is 9.97. The van der Waals surface area contributed by atoms with E-state index in [1.807, 2.05) is 0 Å². The molecule has 1 aromatic rings. The minimum atomic E-state index is -3.56. The summed E-state index contributed by atoms with van der Waals surface area (Å²) >= 11 is 0. The SMILES string of the molecule is COCCCNS(=O)(=O)c1ccc(C(=O)NCCC2=CCCCC2)cc1. The van der Waals surface area contributed by atoms with Crippen LogP contribution in [0.4, 0.5) is 0 Å². The highest BCUT2D eigenvalue weighted by Gasteiger charge is 2.14. The summed E-state index contributed by atoms with van der Waals surface area (Å²) in [5.41, 5.74) is 1.87. The van der Waals surface area contributed by atoms with Crippen LogP contribution >= 0.6 is 0 Å². The van der Waals surface area contributed by atoms with E-state index in [-0.39, 0.29) is 10.8 Å². The lowest BCUT2D eigenvalue weighted by molar-refractivity contribution is 0.0954. The maximum absolute atomic E-state index is 12.2. The molecule has 0 saturated carbocycles. The zero-order valence-corrected chi connectivity index (χ0v) is 16.1. The first-order valence-corrected chi connectivity index (χ1v) is 10.6. The van der Waals surface area contributed by atoms with Crippen molar-refractivity contribution < 1.29 is 17.9 Å². The van der Waals surface area contributed by atoms with E-state index in [4.69, 9.17) is 4.74 Å². The quantitative estimate of drug-likeness (QED) is 0.483. The predicted molar refractivity (Wildman–Crippen MR) is 102 cm³/mol. The third kappa shape index (κ3) is 6.55. The predicted octanol–water partition coefficient (Wildman–Crippen LogP) is 2.62. The van der Waals surface area contributed by atoms with Crippen molar-refractivity contribution >= 4 is 15.9 Å². The van der Waals surface area contributed by atoms with Gasteiger partial charge in [-0.15, -0.1) is 0 Å². The molecule has 0 atom stereocenters. The van der Waals surface area contributed by atoms with Crippen LogP contribution in [-0.4, -0.2) is 41.1 Å². The molecule has 0 heterocycles. The number of hydrogen-bond donors (Lipinski definition) is 2. The fourth-order valence-electron chi connectivity index (χ4n) is 2.86. The number of amides is 1. The summed E-state index contributed by atoms with van der Waals surface area (Å²) in [4.78, 5) is 12.3. The summed E-state index contributed by atoms with van der Waals surface area (Å²) < 4.78 is 31.7. The van der Waals surface area contributed by atoms with E-state index >= 15 is 0 Å². The molecule has 1 amide bonds. The highest BCUT2D eigenvalue weighted by molar-refractivity contribution is 7.89. The monoisotopic (exact) mass is 380 g/mol. The molecular formula is C19H28N2O4S. The van der Waals surface area contributed by atoms with E-state index < -0.39 is 10.0 Å². The van der Waals surface area contributed by atoms with Gasteiger partial charge < -0.3 is 10.1 Å². The van der Waals surface area contributed by atoms with Crippen molar-refractivity contribution in [2.24, 2.45) is 0 Å². The molecule has 144 valence electrons. The van der Waals surface area contributed by atoms with Crippen molar-refractivity contribution in [1.29, 1.82) is 0 Å². The van der Waals surface area contributed by atoms with Crippen molar-refractivity contribution in [3.63, 3.8) is 0 Å². The van der Waals surface area contributed by atoms with Crippen molar-refractivity contribution in [3.8, 4) is 0 Å². The third-order valence-electron chi connectivity index (χ3n) is 4.36. The standard InChI is InChI=1S/C19H28N2O4S/c1-25-15-5-13-21-26(23,24)18-10-8-17(9-11-18)19(22)20-14-12-16-6-3-2-4-7-16/h6,8-11,21H,2-5,7,12-15H2,1H3,(H,20,22). The number of methoxy groups -OCH3 is 1. The van der Waals surface area contributed by atoms with Gasteiger partial charge in [0.1, 0.15) is 0 Å². The summed E-state index contributed by atoms with van der Waals surface area (Å²) in [5.74, 6) is -0.182. The number of hydrogen-bond acceptors (Lipinski definition) is 4. The third-order valence-corrected chi connectivity index (χ3v) is 5.84. The Morgan fingerprint density at radius 3 is 2.58 bits per heavy atom. The van der Waals surface area contributed by atoms with E-state index in [9.17, 15) is 13.2 Å². The Labute approximate surface area is 156 Å². The van der Waals surface area contributed by atoms with Gasteiger partial charge >= 0.3 is 0 Å². The summed E-state index contributed by atoms with van der Waals surface area (Å²) in [5, 5.41) is 2.89. The van der Waals surface area contributed by atoms with Crippen molar-refractivity contribution in [2.75, 3.05) is 26.8 Å². The molecule has 0 unspecified atom stereocenters. The van der Waals surface area contributed by atoms with E-state index in [1.165, 1.54) is 30.5 Å². The molecular weight excluding hydrogens is 352 g/mol. The van der Waals surface area contributed by atoms with Gasteiger partial charge in [0.25, 0.3) is 5.91 Å². The second-order valence-electron chi connectivity index (χ2n) is 6.38. The van der Waals surface area contributed by atoms with E-state index in [0.29, 0.717) is 31.7 Å². The van der Waals surface area contributed by atoms with Gasteiger partial charge in [-0.3, -0.25) is 4.79 Å². The Kier molecular flexibility index (Phi) is 8.28. The molecule has 0 aromatic heterocycles. The molecule has 26 heavy (non-hydrogen) atoms. The van der Waals surface area contributed by atoms with Crippen LogP contribution in [0, 0.1) is 0 Å². The molecule has 0 spiro atoms. The molecule has 7 heteroatoms. The topological polar surface area (TPSA) is 84.5 Å². The zero-order valence-electron chi connectivity index (χ0n) is 15.3. The van der Waals surface area contributed by atoms with Gasteiger partial charge in [0.15, 0.2) is 0 Å². The molecule has 6 nitrogen and oxygen atoms in total. The van der Waals surface area contributed by atoms with Crippen LogP contribution in [0.5, 0.6) is 0 Å². The minimum absolute atomic E-state index is 0.152. The summed E-state index contributed by atoms with van der Waals surface area (Å²) in [6, 6.07) is 5.99. The fraction of sp³-hybridized carbons (Fsp3) is 0.526. The van der Waals surface area contributed by atoms with Crippen molar-refractivity contribution in [3.05, 3.63) is 41.5 Å². The van der Waals surface area contributed by atoms with Gasteiger partial charge in [-0.1, -0.05) is 11.6 Å². The second kappa shape index (κ2) is 10.4. The molecule has 2 N–H and O–H groups in total. The Hall–Kier alpha value is -1.70. The molecule has 2 rings (SSSR count). The average Bonchev–Trinajstić information content (AvgIpc) is 2.66. The molecule has 0 radical (unpaired) electrons. The van der Waals surface area contributed by atoms with E-state index in [0.717, 1.165) is 19.3 Å². The number of carbonyl (C=O) groups is 1. The molecule has 1 aromatic carbocycles. The van der Waals surface area contributed by atoms with Crippen LogP contribution in [0.2, 0.25) is 0 Å². The van der Waals surface area contributed by atoms with Gasteiger partial charge in [0.05, 0.1) is 4.90 Å². The average molecular weight is 381 g/mol. The lowest BCUT2D eigenvalue weighted by Crippen LogP contribution is -2.26. The van der Waals surface area contributed by atoms with Gasteiger partial charge in [-0.25, -0.2) is 13.1 Å². The van der Waals surface area contributed by atoms with Gasteiger partial charge in [0.2, 0.25) is 10.0 Å². The molecule has 0 bridgehead atoms. The first kappa shape index (κ1) is 20.6. The Balaban J connectivity index is 1.83. The second-order valence-corrected chi connectivity index (χ2v) is 8.15. The summed E-state index contributed by atoms with van der Waals surface area (Å²) in [6.07, 6.45) is 8.51. The number of ether oxygens (including phenoxy) is 1. The Morgan fingerprint density at radius 2 is 1.92 bits per heavy atom. The first-order valence-electron chi connectivity index (χ1n) is 9.08. The summed E-state index contributed by atoms with van der Waals surface area (Å²) in [7, 11) is -1.99. The fourth-order valence-corrected chi connectivity index (χ4v) is 3.94. The highest BCUT2D eigenvalue weighted by atomic mass is 32.2. The smallest absolute Gasteiger partial charge is 0.251 e. The zero-order chi connectivity index (χ0) is 18.8. The van der Waals surface area contributed by atoms with Gasteiger partial charge in [-0.2, -0.15) is 0 Å². The summed E-state index contributed by atoms with van der Waals surface area (Å²) in [6.45, 7) is 1.42. The number of allylic oxidation sites excluding steroid dienone is 1. The van der Waals surface area contributed by atoms with Crippen molar-refractivity contribution in [2.45, 2.75) is 43.4 Å². The maximum Gasteiger partial charge on any atom is 0.251 e. The van der Waals surface area contributed by atoms with Gasteiger partial charge in [-0.05, 0) is 62.8 Å². The van der Waals surface area contributed by atoms with Crippen LogP contribution in [0.3, 0.4) is 0 Å². The Morgan fingerprint density at radius 1 is 1.15 bits per heavy atom. The van der Waals surface area contributed by atoms with Crippen LogP contribution in [0.25, 0.3) is 0 Å². The van der Waals surface area contributed by atoms with Crippen LogP contribution in [-0.2, 0) is 14.8 Å². The molecule has 1 aliphatic rings. The van der Waals surface area contributed by atoms with Gasteiger partial charge in [0, 0.05) is 32.4 Å².